The van der Waals surface area contributed by atoms with Gasteiger partial charge in [0.1, 0.15) is 0 Å². The van der Waals surface area contributed by atoms with Gasteiger partial charge in [-0.25, -0.2) is 0 Å². The molecule has 3 heteroatoms. The van der Waals surface area contributed by atoms with Gasteiger partial charge < -0.3 is 9.13 Å². The summed E-state index contributed by atoms with van der Waals surface area (Å²) in [7, 11) is -2.90. The van der Waals surface area contributed by atoms with Gasteiger partial charge >= 0.3 is 0 Å². The number of fused-ring (bicyclic) bond motifs is 3. The minimum absolute atomic E-state index is 0.837. The van der Waals surface area contributed by atoms with Crippen molar-refractivity contribution in [3.05, 3.63) is 145 Å². The quantitative estimate of drug-likeness (QED) is 0.236. The number of rotatable bonds is 5. The van der Waals surface area contributed by atoms with Gasteiger partial charge in [0.2, 0.25) is 0 Å². The molecule has 0 saturated carbocycles. The lowest BCUT2D eigenvalue weighted by molar-refractivity contribution is 0.592. The Kier molecular flexibility index (Phi) is 5.45. The maximum atomic E-state index is 14.2. The van der Waals surface area contributed by atoms with E-state index in [2.05, 4.69) is 77.4 Å². The highest BCUT2D eigenvalue weighted by molar-refractivity contribution is 7.81. The van der Waals surface area contributed by atoms with Crippen LogP contribution in [0.3, 0.4) is 0 Å². The SMILES string of the molecule is O=P(/C=C/c1ccc(-n2c3ccccc3c3ccccc32)cc1)(c1ccccc1)c1ccccc1. The first-order valence-electron chi connectivity index (χ1n) is 11.7. The summed E-state index contributed by atoms with van der Waals surface area (Å²) in [6.45, 7) is 0. The summed E-state index contributed by atoms with van der Waals surface area (Å²) in [5.41, 5.74) is 4.50. The molecule has 2 nitrogen and oxygen atoms in total. The standard InChI is InChI=1S/C32H24NOP/c34-35(27-11-3-1-4-12-27,28-13-5-2-6-14-28)24-23-25-19-21-26(22-20-25)33-31-17-9-7-15-29(31)30-16-8-10-18-32(30)33/h1-24H/b24-23+. The Morgan fingerprint density at radius 3 is 1.49 bits per heavy atom. The fourth-order valence-corrected chi connectivity index (χ4v) is 7.00. The molecule has 1 heterocycles. The number of nitrogens with zero attached hydrogens (tertiary/aromatic N) is 1. The van der Waals surface area contributed by atoms with Crippen LogP contribution in [0, 0.1) is 0 Å². The van der Waals surface area contributed by atoms with Crippen LogP contribution in [-0.4, -0.2) is 4.57 Å². The molecule has 6 rings (SSSR count). The Bertz CT molecular complexity index is 1600. The van der Waals surface area contributed by atoms with Gasteiger partial charge in [0, 0.05) is 27.1 Å². The molecule has 0 atom stereocenters. The third-order valence-electron chi connectivity index (χ3n) is 6.49. The predicted octanol–water partition coefficient (Wildman–Crippen LogP) is 7.77. The smallest absolute Gasteiger partial charge is 0.164 e. The van der Waals surface area contributed by atoms with Crippen LogP contribution in [0.1, 0.15) is 5.56 Å². The van der Waals surface area contributed by atoms with E-state index in [-0.39, 0.29) is 0 Å². The Balaban J connectivity index is 1.40. The van der Waals surface area contributed by atoms with Crippen molar-refractivity contribution < 1.29 is 4.57 Å². The Labute approximate surface area is 205 Å². The molecule has 168 valence electrons. The van der Waals surface area contributed by atoms with Crippen LogP contribution in [0.5, 0.6) is 0 Å². The highest BCUT2D eigenvalue weighted by Gasteiger charge is 2.23. The third kappa shape index (κ3) is 3.83. The van der Waals surface area contributed by atoms with Crippen LogP contribution in [-0.2, 0) is 4.57 Å². The average Bonchev–Trinajstić information content (AvgIpc) is 3.27. The predicted molar refractivity (Wildman–Crippen MR) is 150 cm³/mol. The molecule has 0 aliphatic heterocycles. The summed E-state index contributed by atoms with van der Waals surface area (Å²) < 4.78 is 16.5. The van der Waals surface area contributed by atoms with Gasteiger partial charge in [0.25, 0.3) is 0 Å². The minimum atomic E-state index is -2.90. The van der Waals surface area contributed by atoms with Crippen LogP contribution in [0.4, 0.5) is 0 Å². The minimum Gasteiger partial charge on any atom is -0.309 e. The van der Waals surface area contributed by atoms with Crippen molar-refractivity contribution in [2.75, 3.05) is 0 Å². The van der Waals surface area contributed by atoms with Crippen molar-refractivity contribution in [1.82, 2.24) is 4.57 Å². The molecular weight excluding hydrogens is 445 g/mol. The van der Waals surface area contributed by atoms with E-state index < -0.39 is 7.14 Å². The maximum Gasteiger partial charge on any atom is 0.164 e. The van der Waals surface area contributed by atoms with E-state index in [1.54, 1.807) is 0 Å². The maximum absolute atomic E-state index is 14.2. The summed E-state index contributed by atoms with van der Waals surface area (Å²) >= 11 is 0. The van der Waals surface area contributed by atoms with E-state index in [1.807, 2.05) is 72.6 Å². The molecule has 0 fully saturated rings. The van der Waals surface area contributed by atoms with Crippen LogP contribution in [0.15, 0.2) is 139 Å². The fraction of sp³-hybridized carbons (Fsp3) is 0. The molecule has 0 radical (unpaired) electrons. The van der Waals surface area contributed by atoms with Gasteiger partial charge in [0.15, 0.2) is 7.14 Å². The number of hydrogen-bond acceptors (Lipinski definition) is 1. The van der Waals surface area contributed by atoms with Gasteiger partial charge in [-0.1, -0.05) is 115 Å². The Hall–Kier alpha value is -4.13. The molecular formula is C32H24NOP. The second-order valence-corrected chi connectivity index (χ2v) is 11.3. The molecule has 0 spiro atoms. The molecule has 35 heavy (non-hydrogen) atoms. The van der Waals surface area contributed by atoms with Crippen molar-refractivity contribution in [3.8, 4) is 5.69 Å². The molecule has 5 aromatic carbocycles. The van der Waals surface area contributed by atoms with Gasteiger partial charge in [-0.3, -0.25) is 0 Å². The summed E-state index contributed by atoms with van der Waals surface area (Å²) in [5, 5.41) is 4.17. The second-order valence-electron chi connectivity index (χ2n) is 8.61. The second kappa shape index (κ2) is 8.91. The number of aromatic nitrogens is 1. The first-order chi connectivity index (χ1) is 17.2. The van der Waals surface area contributed by atoms with Gasteiger partial charge in [0.05, 0.1) is 11.0 Å². The molecule has 1 aromatic heterocycles. The summed E-state index contributed by atoms with van der Waals surface area (Å²) in [6, 6.07) is 45.0. The zero-order chi connectivity index (χ0) is 23.7. The highest BCUT2D eigenvalue weighted by atomic mass is 31.2. The highest BCUT2D eigenvalue weighted by Crippen LogP contribution is 2.45. The lowest BCUT2D eigenvalue weighted by Crippen LogP contribution is -2.13. The van der Waals surface area contributed by atoms with Crippen LogP contribution >= 0.6 is 7.14 Å². The largest absolute Gasteiger partial charge is 0.309 e. The molecule has 0 aliphatic carbocycles. The molecule has 0 amide bonds. The number of hydrogen-bond donors (Lipinski definition) is 0. The van der Waals surface area contributed by atoms with Crippen molar-refractivity contribution in [1.29, 1.82) is 0 Å². The van der Waals surface area contributed by atoms with E-state index in [1.165, 1.54) is 21.8 Å². The number of para-hydroxylation sites is 2. The summed E-state index contributed by atoms with van der Waals surface area (Å²) in [6.07, 6.45) is 1.98. The zero-order valence-corrected chi connectivity index (χ0v) is 20.1. The monoisotopic (exact) mass is 469 g/mol. The van der Waals surface area contributed by atoms with E-state index in [9.17, 15) is 4.57 Å². The molecule has 0 unspecified atom stereocenters. The van der Waals surface area contributed by atoms with Crippen LogP contribution < -0.4 is 10.6 Å². The Morgan fingerprint density at radius 2 is 0.971 bits per heavy atom. The fourth-order valence-electron chi connectivity index (χ4n) is 4.75. The van der Waals surface area contributed by atoms with Crippen molar-refractivity contribution in [3.63, 3.8) is 0 Å². The molecule has 0 N–H and O–H groups in total. The van der Waals surface area contributed by atoms with E-state index in [0.29, 0.717) is 0 Å². The Morgan fingerprint density at radius 1 is 0.514 bits per heavy atom. The van der Waals surface area contributed by atoms with Crippen LogP contribution in [0.2, 0.25) is 0 Å². The average molecular weight is 470 g/mol. The normalized spacial score (nSPS) is 12.0. The number of benzene rings is 5. The summed E-state index contributed by atoms with van der Waals surface area (Å²) in [5.74, 6) is 1.88. The van der Waals surface area contributed by atoms with Gasteiger partial charge in [-0.2, -0.15) is 0 Å². The van der Waals surface area contributed by atoms with Gasteiger partial charge in [-0.15, -0.1) is 0 Å². The topological polar surface area (TPSA) is 22.0 Å². The summed E-state index contributed by atoms with van der Waals surface area (Å²) in [4.78, 5) is 0. The molecule has 0 saturated heterocycles. The van der Waals surface area contributed by atoms with Crippen molar-refractivity contribution >= 4 is 45.6 Å². The first-order valence-corrected chi connectivity index (χ1v) is 13.5. The first kappa shape index (κ1) is 21.4. The lowest BCUT2D eigenvalue weighted by atomic mass is 10.2. The molecule has 6 aromatic rings. The van der Waals surface area contributed by atoms with E-state index in [0.717, 1.165) is 21.9 Å². The van der Waals surface area contributed by atoms with Gasteiger partial charge in [-0.05, 0) is 35.6 Å². The third-order valence-corrected chi connectivity index (χ3v) is 9.19. The zero-order valence-electron chi connectivity index (χ0n) is 19.2. The van der Waals surface area contributed by atoms with Crippen LogP contribution in [0.25, 0.3) is 33.6 Å². The molecule has 0 aliphatic rings. The van der Waals surface area contributed by atoms with Crippen molar-refractivity contribution in [2.24, 2.45) is 0 Å². The van der Waals surface area contributed by atoms with E-state index >= 15 is 0 Å². The van der Waals surface area contributed by atoms with Crippen molar-refractivity contribution in [2.45, 2.75) is 0 Å². The molecule has 0 bridgehead atoms. The van der Waals surface area contributed by atoms with E-state index in [4.69, 9.17) is 0 Å². The lowest BCUT2D eigenvalue weighted by Gasteiger charge is -2.15.